The summed E-state index contributed by atoms with van der Waals surface area (Å²) in [6.07, 6.45) is 0. The number of rotatable bonds is 6. The molecule has 0 radical (unpaired) electrons. The summed E-state index contributed by atoms with van der Waals surface area (Å²) in [6.45, 7) is 0.170. The average Bonchev–Trinajstić information content (AvgIpc) is 2.46. The second-order valence-electron chi connectivity index (χ2n) is 4.08. The molecule has 2 aromatic carbocycles. The van der Waals surface area contributed by atoms with Crippen LogP contribution in [0.2, 0.25) is 0 Å². The van der Waals surface area contributed by atoms with Gasteiger partial charge in [0, 0.05) is 0 Å². The molecule has 0 aliphatic rings. The van der Waals surface area contributed by atoms with E-state index < -0.39 is 8.25 Å². The lowest BCUT2D eigenvalue weighted by molar-refractivity contribution is 0.213. The summed E-state index contributed by atoms with van der Waals surface area (Å²) in [5.41, 5.74) is 1.41. The van der Waals surface area contributed by atoms with Gasteiger partial charge in [-0.15, -0.1) is 0 Å². The van der Waals surface area contributed by atoms with Crippen LogP contribution in [0.25, 0.3) is 0 Å². The van der Waals surface area contributed by atoms with Crippen molar-refractivity contribution in [2.45, 2.75) is 13.2 Å². The van der Waals surface area contributed by atoms with Crippen LogP contribution >= 0.6 is 8.25 Å². The minimum Gasteiger partial charge on any atom is -0.306 e. The molecule has 0 unspecified atom stereocenters. The third-order valence-corrected chi connectivity index (χ3v) is 3.30. The summed E-state index contributed by atoms with van der Waals surface area (Å²) in [5, 5.41) is 0. The molecule has 2 rings (SSSR count). The van der Waals surface area contributed by atoms with Crippen molar-refractivity contribution < 1.29 is 22.4 Å². The smallest absolute Gasteiger partial charge is 0.306 e. The summed E-state index contributed by atoms with van der Waals surface area (Å²) in [5.74, 6) is -0.678. The maximum Gasteiger partial charge on any atom is 0.319 e. The van der Waals surface area contributed by atoms with Crippen molar-refractivity contribution in [2.24, 2.45) is 0 Å². The van der Waals surface area contributed by atoms with Crippen molar-refractivity contribution in [1.29, 1.82) is 0 Å². The molecule has 0 aliphatic carbocycles. The Kier molecular flexibility index (Phi) is 5.41. The van der Waals surface area contributed by atoms with Gasteiger partial charge in [0.05, 0.1) is 13.2 Å². The van der Waals surface area contributed by atoms with E-state index in [1.807, 2.05) is 0 Å². The average molecular weight is 298 g/mol. The zero-order valence-electron chi connectivity index (χ0n) is 10.5. The van der Waals surface area contributed by atoms with Gasteiger partial charge in [-0.1, -0.05) is 24.3 Å². The van der Waals surface area contributed by atoms with E-state index in [9.17, 15) is 13.3 Å². The van der Waals surface area contributed by atoms with Crippen LogP contribution in [-0.4, -0.2) is 0 Å². The summed E-state index contributed by atoms with van der Waals surface area (Å²) in [4.78, 5) is 0. The molecule has 3 nitrogen and oxygen atoms in total. The van der Waals surface area contributed by atoms with Crippen LogP contribution in [0.3, 0.4) is 0 Å². The van der Waals surface area contributed by atoms with Crippen molar-refractivity contribution in [1.82, 2.24) is 0 Å². The van der Waals surface area contributed by atoms with Crippen LogP contribution in [0.15, 0.2) is 48.5 Å². The molecule has 0 saturated carbocycles. The third kappa shape index (κ3) is 4.85. The maximum absolute atomic E-state index is 12.7. The zero-order valence-corrected chi connectivity index (χ0v) is 11.5. The van der Waals surface area contributed by atoms with Crippen LogP contribution in [-0.2, 0) is 26.8 Å². The van der Waals surface area contributed by atoms with Gasteiger partial charge in [-0.25, -0.2) is 8.78 Å². The van der Waals surface area contributed by atoms with Crippen LogP contribution in [0.4, 0.5) is 8.78 Å². The lowest BCUT2D eigenvalue weighted by atomic mass is 10.2. The Morgan fingerprint density at radius 3 is 1.45 bits per heavy atom. The largest absolute Gasteiger partial charge is 0.319 e. The predicted molar refractivity (Wildman–Crippen MR) is 71.4 cm³/mol. The maximum atomic E-state index is 12.7. The minimum atomic E-state index is -2.64. The Balaban J connectivity index is 1.75. The van der Waals surface area contributed by atoms with Crippen LogP contribution in [0.5, 0.6) is 0 Å². The van der Waals surface area contributed by atoms with Gasteiger partial charge in [-0.3, -0.25) is 4.57 Å². The Morgan fingerprint density at radius 2 is 1.10 bits per heavy atom. The van der Waals surface area contributed by atoms with Gasteiger partial charge in [0.15, 0.2) is 0 Å². The van der Waals surface area contributed by atoms with Gasteiger partial charge < -0.3 is 9.05 Å². The van der Waals surface area contributed by atoms with Gasteiger partial charge in [0.25, 0.3) is 0 Å². The molecule has 20 heavy (non-hydrogen) atoms. The van der Waals surface area contributed by atoms with Crippen molar-refractivity contribution in [3.05, 3.63) is 71.3 Å². The van der Waals surface area contributed by atoms with Crippen LogP contribution in [0, 0.1) is 11.6 Å². The predicted octanol–water partition coefficient (Wildman–Crippen LogP) is 4.09. The molecule has 0 heterocycles. The number of benzene rings is 2. The number of hydrogen-bond acceptors (Lipinski definition) is 3. The molecule has 0 aromatic heterocycles. The summed E-state index contributed by atoms with van der Waals surface area (Å²) in [7, 11) is -2.64. The van der Waals surface area contributed by atoms with E-state index >= 15 is 0 Å². The number of halogens is 2. The normalized spacial score (nSPS) is 10.9. The first-order chi connectivity index (χ1) is 9.63. The molecule has 0 fully saturated rings. The van der Waals surface area contributed by atoms with Crippen LogP contribution < -0.4 is 0 Å². The first kappa shape index (κ1) is 14.9. The molecular formula is C14H13F2O3P. The highest BCUT2D eigenvalue weighted by atomic mass is 31.1. The van der Waals surface area contributed by atoms with E-state index in [2.05, 4.69) is 0 Å². The van der Waals surface area contributed by atoms with Crippen molar-refractivity contribution >= 4 is 8.25 Å². The highest BCUT2D eigenvalue weighted by Gasteiger charge is 2.02. The molecule has 0 aliphatic heterocycles. The molecular weight excluding hydrogens is 285 g/mol. The second kappa shape index (κ2) is 7.29. The summed E-state index contributed by atoms with van der Waals surface area (Å²) >= 11 is 0. The van der Waals surface area contributed by atoms with E-state index in [-0.39, 0.29) is 24.8 Å². The molecule has 0 bridgehead atoms. The summed E-state index contributed by atoms with van der Waals surface area (Å²) < 4.78 is 46.9. The quantitative estimate of drug-likeness (QED) is 0.754. The van der Waals surface area contributed by atoms with Gasteiger partial charge in [-0.2, -0.15) is 0 Å². The SMILES string of the molecule is O=[PH](OCc1ccc(F)cc1)OCc1ccc(F)cc1. The fourth-order valence-electron chi connectivity index (χ4n) is 1.49. The molecule has 6 heteroatoms. The van der Waals surface area contributed by atoms with Gasteiger partial charge in [0.1, 0.15) is 11.6 Å². The van der Waals surface area contributed by atoms with E-state index in [1.165, 1.54) is 24.3 Å². The Morgan fingerprint density at radius 1 is 0.750 bits per heavy atom. The van der Waals surface area contributed by atoms with Gasteiger partial charge in [0.2, 0.25) is 0 Å². The Labute approximate surface area is 116 Å². The summed E-state index contributed by atoms with van der Waals surface area (Å²) in [6, 6.07) is 11.4. The third-order valence-electron chi connectivity index (χ3n) is 2.54. The molecule has 0 atom stereocenters. The zero-order chi connectivity index (χ0) is 14.4. The Bertz CT molecular complexity index is 518. The lowest BCUT2D eigenvalue weighted by Crippen LogP contribution is -1.90. The fourth-order valence-corrected chi connectivity index (χ4v) is 2.14. The van der Waals surface area contributed by atoms with E-state index in [4.69, 9.17) is 9.05 Å². The van der Waals surface area contributed by atoms with Crippen LogP contribution in [0.1, 0.15) is 11.1 Å². The highest BCUT2D eigenvalue weighted by molar-refractivity contribution is 7.33. The van der Waals surface area contributed by atoms with Crippen molar-refractivity contribution in [3.63, 3.8) is 0 Å². The number of hydrogen-bond donors (Lipinski definition) is 0. The molecule has 0 N–H and O–H groups in total. The first-order valence-corrected chi connectivity index (χ1v) is 7.14. The molecule has 0 amide bonds. The van der Waals surface area contributed by atoms with E-state index in [1.54, 1.807) is 24.3 Å². The fraction of sp³-hybridized carbons (Fsp3) is 0.143. The lowest BCUT2D eigenvalue weighted by Gasteiger charge is -2.06. The molecule has 0 spiro atoms. The topological polar surface area (TPSA) is 35.5 Å². The highest BCUT2D eigenvalue weighted by Crippen LogP contribution is 2.27. The van der Waals surface area contributed by atoms with Gasteiger partial charge in [-0.05, 0) is 35.4 Å². The standard InChI is InChI=1S/C14H13F2O3P/c15-13-5-1-11(2-6-13)9-18-20(17)19-10-12-3-7-14(16)8-4-12/h1-8,20H,9-10H2. The second-order valence-corrected chi connectivity index (χ2v) is 5.16. The van der Waals surface area contributed by atoms with E-state index in [0.29, 0.717) is 11.1 Å². The molecule has 2 aromatic rings. The Hall–Kier alpha value is -1.55. The minimum absolute atomic E-state index is 0.0848. The monoisotopic (exact) mass is 298 g/mol. The molecule has 0 saturated heterocycles. The van der Waals surface area contributed by atoms with Gasteiger partial charge >= 0.3 is 8.25 Å². The van der Waals surface area contributed by atoms with Crippen molar-refractivity contribution in [2.75, 3.05) is 0 Å². The van der Waals surface area contributed by atoms with Crippen molar-refractivity contribution in [3.8, 4) is 0 Å². The van der Waals surface area contributed by atoms with E-state index in [0.717, 1.165) is 0 Å². The molecule has 106 valence electrons. The first-order valence-electron chi connectivity index (χ1n) is 5.92.